The number of nitrogen functional groups attached to an aromatic ring is 1. The number of nitrogens with two attached hydrogens (primary N) is 1. The van der Waals surface area contributed by atoms with Crippen molar-refractivity contribution in [3.63, 3.8) is 0 Å². The number of rotatable bonds is 1. The first-order chi connectivity index (χ1) is 9.08. The van der Waals surface area contributed by atoms with Crippen molar-refractivity contribution >= 4 is 37.5 Å². The average molecular weight is 277 g/mol. The summed E-state index contributed by atoms with van der Waals surface area (Å²) < 4.78 is 29.7. The Morgan fingerprint density at radius 2 is 2.11 bits per heavy atom. The molecular formula is C13H9F2N3S. The highest BCUT2D eigenvalue weighted by molar-refractivity contribution is 7.24. The molecule has 0 amide bonds. The van der Waals surface area contributed by atoms with Crippen molar-refractivity contribution in [3.8, 4) is 6.07 Å². The quantitative estimate of drug-likeness (QED) is 0.738. The molecule has 1 aromatic carbocycles. The van der Waals surface area contributed by atoms with Crippen LogP contribution in [-0.2, 0) is 6.54 Å². The molecule has 0 aliphatic rings. The number of nitrogens with zero attached hydrogens (tertiary/aromatic N) is 2. The van der Waals surface area contributed by atoms with Crippen molar-refractivity contribution < 1.29 is 8.78 Å². The number of hydrogen-bond donors (Lipinski definition) is 1. The number of aryl methyl sites for hydroxylation is 1. The lowest BCUT2D eigenvalue weighted by Crippen LogP contribution is -1.97. The second-order valence-corrected chi connectivity index (χ2v) is 5.21. The molecule has 19 heavy (non-hydrogen) atoms. The number of halogens is 2. The summed E-state index contributed by atoms with van der Waals surface area (Å²) in [5, 5.41) is 10.0. The van der Waals surface area contributed by atoms with E-state index in [9.17, 15) is 8.78 Å². The van der Waals surface area contributed by atoms with Crippen LogP contribution in [-0.4, -0.2) is 4.57 Å². The average Bonchev–Trinajstić information content (AvgIpc) is 2.82. The Labute approximate surface area is 111 Å². The van der Waals surface area contributed by atoms with Gasteiger partial charge in [0.25, 0.3) is 0 Å². The smallest absolute Gasteiger partial charge is 0.150 e. The number of aromatic nitrogens is 1. The van der Waals surface area contributed by atoms with Crippen molar-refractivity contribution in [2.45, 2.75) is 13.5 Å². The molecule has 2 heterocycles. The molecule has 2 aromatic heterocycles. The number of thiophene rings is 1. The van der Waals surface area contributed by atoms with Crippen molar-refractivity contribution in [1.82, 2.24) is 4.57 Å². The minimum atomic E-state index is -0.634. The Hall–Kier alpha value is -2.13. The van der Waals surface area contributed by atoms with Crippen LogP contribution in [0, 0.1) is 23.0 Å². The number of nitriles is 1. The van der Waals surface area contributed by atoms with E-state index in [1.807, 2.05) is 13.0 Å². The molecular weight excluding hydrogens is 268 g/mol. The highest BCUT2D eigenvalue weighted by Crippen LogP contribution is 2.41. The SMILES string of the molecule is CCn1c2c(F)cc(F)cc2c2sc(N)c(C#N)c21. The molecule has 0 unspecified atom stereocenters. The number of hydrogen-bond acceptors (Lipinski definition) is 3. The second-order valence-electron chi connectivity index (χ2n) is 4.16. The molecule has 3 nitrogen and oxygen atoms in total. The normalized spacial score (nSPS) is 11.3. The Kier molecular flexibility index (Phi) is 2.47. The standard InChI is InChI=1S/C13H9F2N3S/c1-2-18-10-7(3-6(14)4-9(10)15)12-11(18)8(5-16)13(17)19-12/h3-4H,2,17H2,1H3. The summed E-state index contributed by atoms with van der Waals surface area (Å²) in [6.07, 6.45) is 0. The molecule has 0 fully saturated rings. The molecule has 96 valence electrons. The lowest BCUT2D eigenvalue weighted by atomic mass is 10.2. The van der Waals surface area contributed by atoms with Gasteiger partial charge in [-0.15, -0.1) is 11.3 Å². The van der Waals surface area contributed by atoms with E-state index < -0.39 is 11.6 Å². The Balaban J connectivity index is 2.65. The summed E-state index contributed by atoms with van der Waals surface area (Å²) in [5.74, 6) is -1.26. The first-order valence-electron chi connectivity index (χ1n) is 5.67. The maximum Gasteiger partial charge on any atom is 0.150 e. The third-order valence-electron chi connectivity index (χ3n) is 3.15. The minimum absolute atomic E-state index is 0.321. The molecule has 0 saturated carbocycles. The predicted octanol–water partition coefficient (Wildman–Crippen LogP) is 3.61. The van der Waals surface area contributed by atoms with E-state index in [0.717, 1.165) is 6.07 Å². The van der Waals surface area contributed by atoms with Crippen molar-refractivity contribution in [2.75, 3.05) is 5.73 Å². The van der Waals surface area contributed by atoms with Gasteiger partial charge >= 0.3 is 0 Å². The van der Waals surface area contributed by atoms with Gasteiger partial charge in [-0.05, 0) is 13.0 Å². The van der Waals surface area contributed by atoms with Crippen LogP contribution < -0.4 is 5.73 Å². The number of anilines is 1. The van der Waals surface area contributed by atoms with Gasteiger partial charge in [-0.3, -0.25) is 0 Å². The van der Waals surface area contributed by atoms with Gasteiger partial charge in [0.05, 0.1) is 15.7 Å². The van der Waals surface area contributed by atoms with Crippen LogP contribution >= 0.6 is 11.3 Å². The van der Waals surface area contributed by atoms with E-state index in [-0.39, 0.29) is 0 Å². The zero-order valence-electron chi connectivity index (χ0n) is 10.00. The maximum absolute atomic E-state index is 14.0. The second kappa shape index (κ2) is 3.93. The van der Waals surface area contributed by atoms with Crippen LogP contribution in [0.25, 0.3) is 21.1 Å². The fraction of sp³-hybridized carbons (Fsp3) is 0.154. The Morgan fingerprint density at radius 3 is 2.74 bits per heavy atom. The summed E-state index contributed by atoms with van der Waals surface area (Å²) in [6.45, 7) is 2.32. The Bertz CT molecular complexity index is 855. The van der Waals surface area contributed by atoms with E-state index in [4.69, 9.17) is 11.0 Å². The van der Waals surface area contributed by atoms with Gasteiger partial charge in [0.2, 0.25) is 0 Å². The highest BCUT2D eigenvalue weighted by atomic mass is 32.1. The molecule has 2 N–H and O–H groups in total. The van der Waals surface area contributed by atoms with Crippen LogP contribution in [0.4, 0.5) is 13.8 Å². The number of fused-ring (bicyclic) bond motifs is 3. The van der Waals surface area contributed by atoms with Crippen LogP contribution in [0.5, 0.6) is 0 Å². The van der Waals surface area contributed by atoms with E-state index in [2.05, 4.69) is 0 Å². The van der Waals surface area contributed by atoms with Crippen molar-refractivity contribution in [1.29, 1.82) is 5.26 Å². The lowest BCUT2D eigenvalue weighted by Gasteiger charge is -2.04. The monoisotopic (exact) mass is 277 g/mol. The number of benzene rings is 1. The lowest BCUT2D eigenvalue weighted by molar-refractivity contribution is 0.587. The zero-order chi connectivity index (χ0) is 13.7. The fourth-order valence-corrected chi connectivity index (χ4v) is 3.47. The third kappa shape index (κ3) is 1.45. The fourth-order valence-electron chi connectivity index (χ4n) is 2.43. The van der Waals surface area contributed by atoms with E-state index in [1.165, 1.54) is 17.4 Å². The molecule has 6 heteroatoms. The summed E-state index contributed by atoms with van der Waals surface area (Å²) >= 11 is 1.19. The summed E-state index contributed by atoms with van der Waals surface area (Å²) in [6, 6.07) is 4.17. The van der Waals surface area contributed by atoms with E-state index >= 15 is 0 Å². The molecule has 0 atom stereocenters. The van der Waals surface area contributed by atoms with Crippen LogP contribution in [0.2, 0.25) is 0 Å². The van der Waals surface area contributed by atoms with Crippen LogP contribution in [0.15, 0.2) is 12.1 Å². The van der Waals surface area contributed by atoms with Gasteiger partial charge in [-0.2, -0.15) is 5.26 Å². The van der Waals surface area contributed by atoms with E-state index in [0.29, 0.717) is 38.2 Å². The van der Waals surface area contributed by atoms with Gasteiger partial charge < -0.3 is 10.3 Å². The van der Waals surface area contributed by atoms with Crippen molar-refractivity contribution in [3.05, 3.63) is 29.3 Å². The predicted molar refractivity (Wildman–Crippen MR) is 72.0 cm³/mol. The molecule has 3 aromatic rings. The van der Waals surface area contributed by atoms with Crippen LogP contribution in [0.3, 0.4) is 0 Å². The first kappa shape index (κ1) is 11.9. The minimum Gasteiger partial charge on any atom is -0.389 e. The summed E-state index contributed by atoms with van der Waals surface area (Å²) in [7, 11) is 0. The van der Waals surface area contributed by atoms with Crippen LogP contribution in [0.1, 0.15) is 12.5 Å². The molecule has 0 saturated heterocycles. The van der Waals surface area contributed by atoms with Gasteiger partial charge in [-0.1, -0.05) is 0 Å². The Morgan fingerprint density at radius 1 is 1.37 bits per heavy atom. The topological polar surface area (TPSA) is 54.7 Å². The van der Waals surface area contributed by atoms with Gasteiger partial charge in [-0.25, -0.2) is 8.78 Å². The van der Waals surface area contributed by atoms with Gasteiger partial charge in [0.1, 0.15) is 28.3 Å². The summed E-state index contributed by atoms with van der Waals surface area (Å²) in [5.41, 5.74) is 7.04. The van der Waals surface area contributed by atoms with Crippen molar-refractivity contribution in [2.24, 2.45) is 0 Å². The largest absolute Gasteiger partial charge is 0.389 e. The highest BCUT2D eigenvalue weighted by Gasteiger charge is 2.21. The zero-order valence-corrected chi connectivity index (χ0v) is 10.8. The van der Waals surface area contributed by atoms with Gasteiger partial charge in [0, 0.05) is 18.0 Å². The maximum atomic E-state index is 14.0. The van der Waals surface area contributed by atoms with Gasteiger partial charge in [0.15, 0.2) is 0 Å². The third-order valence-corrected chi connectivity index (χ3v) is 4.19. The molecule has 0 aliphatic carbocycles. The first-order valence-corrected chi connectivity index (χ1v) is 6.49. The molecule has 0 bridgehead atoms. The van der Waals surface area contributed by atoms with E-state index in [1.54, 1.807) is 4.57 Å². The molecule has 0 radical (unpaired) electrons. The summed E-state index contributed by atoms with van der Waals surface area (Å²) in [4.78, 5) is 0. The molecule has 3 rings (SSSR count). The molecule has 0 spiro atoms. The molecule has 0 aliphatic heterocycles.